The Bertz CT molecular complexity index is 651. The lowest BCUT2D eigenvalue weighted by Gasteiger charge is -2.35. The SMILES string of the molecule is C/C(=C\C(C(C)C)N(C)C(=O)C(N)C(C)(C)C)C(=O)NC(CCC(=O)O)C(=O)O. The van der Waals surface area contributed by atoms with Gasteiger partial charge in [0.2, 0.25) is 11.8 Å². The molecule has 166 valence electrons. The zero-order valence-electron chi connectivity index (χ0n) is 18.4. The Hall–Kier alpha value is -2.42. The molecule has 2 amide bonds. The largest absolute Gasteiger partial charge is 0.481 e. The lowest BCUT2D eigenvalue weighted by molar-refractivity contribution is -0.142. The van der Waals surface area contributed by atoms with Crippen molar-refractivity contribution in [1.82, 2.24) is 10.2 Å². The molecule has 0 aromatic carbocycles. The van der Waals surface area contributed by atoms with Gasteiger partial charge < -0.3 is 26.2 Å². The second kappa shape index (κ2) is 10.9. The van der Waals surface area contributed by atoms with E-state index in [9.17, 15) is 24.3 Å². The molecular formula is C20H35N3O6. The third-order valence-corrected chi connectivity index (χ3v) is 4.71. The van der Waals surface area contributed by atoms with E-state index in [0.29, 0.717) is 0 Å². The fourth-order valence-corrected chi connectivity index (χ4v) is 2.62. The number of hydrogen-bond acceptors (Lipinski definition) is 5. The molecule has 3 unspecified atom stereocenters. The first-order chi connectivity index (χ1) is 13.1. The monoisotopic (exact) mass is 413 g/mol. The second-order valence-electron chi connectivity index (χ2n) is 8.67. The number of rotatable bonds is 10. The quantitative estimate of drug-likeness (QED) is 0.393. The highest BCUT2D eigenvalue weighted by Gasteiger charge is 2.33. The highest BCUT2D eigenvalue weighted by atomic mass is 16.4. The zero-order chi connectivity index (χ0) is 23.1. The first-order valence-corrected chi connectivity index (χ1v) is 9.55. The third-order valence-electron chi connectivity index (χ3n) is 4.71. The van der Waals surface area contributed by atoms with Crippen LogP contribution in [0.15, 0.2) is 11.6 Å². The average molecular weight is 414 g/mol. The van der Waals surface area contributed by atoms with E-state index in [1.807, 2.05) is 34.6 Å². The summed E-state index contributed by atoms with van der Waals surface area (Å²) in [6, 6.07) is -2.46. The number of carbonyl (C=O) groups is 4. The molecule has 29 heavy (non-hydrogen) atoms. The minimum absolute atomic E-state index is 0.0267. The zero-order valence-corrected chi connectivity index (χ0v) is 18.4. The van der Waals surface area contributed by atoms with Crippen molar-refractivity contribution < 1.29 is 29.4 Å². The fraction of sp³-hybridized carbons (Fsp3) is 0.700. The second-order valence-corrected chi connectivity index (χ2v) is 8.67. The van der Waals surface area contributed by atoms with Gasteiger partial charge in [0.05, 0.1) is 12.1 Å². The maximum Gasteiger partial charge on any atom is 0.326 e. The number of likely N-dealkylation sites (N-methyl/N-ethyl adjacent to an activating group) is 1. The molecule has 0 saturated carbocycles. The molecule has 0 radical (unpaired) electrons. The maximum atomic E-state index is 12.7. The molecular weight excluding hydrogens is 378 g/mol. The Morgan fingerprint density at radius 1 is 1.14 bits per heavy atom. The average Bonchev–Trinajstić information content (AvgIpc) is 2.59. The van der Waals surface area contributed by atoms with Gasteiger partial charge in [0, 0.05) is 19.0 Å². The van der Waals surface area contributed by atoms with Crippen molar-refractivity contribution in [2.45, 2.75) is 72.5 Å². The summed E-state index contributed by atoms with van der Waals surface area (Å²) in [4.78, 5) is 48.6. The molecule has 0 saturated heterocycles. The summed E-state index contributed by atoms with van der Waals surface area (Å²) < 4.78 is 0. The normalized spacial score (nSPS) is 15.4. The molecule has 0 rings (SSSR count). The van der Waals surface area contributed by atoms with Crippen molar-refractivity contribution >= 4 is 23.8 Å². The highest BCUT2D eigenvalue weighted by Crippen LogP contribution is 2.22. The predicted octanol–water partition coefficient (Wildman–Crippen LogP) is 1.22. The molecule has 0 aliphatic carbocycles. The van der Waals surface area contributed by atoms with E-state index in [-0.39, 0.29) is 30.2 Å². The van der Waals surface area contributed by atoms with Gasteiger partial charge in [-0.3, -0.25) is 14.4 Å². The first-order valence-electron chi connectivity index (χ1n) is 9.55. The van der Waals surface area contributed by atoms with Crippen LogP contribution in [0.4, 0.5) is 0 Å². The number of amides is 2. The van der Waals surface area contributed by atoms with Crippen molar-refractivity contribution in [3.05, 3.63) is 11.6 Å². The van der Waals surface area contributed by atoms with E-state index in [2.05, 4.69) is 5.32 Å². The summed E-state index contributed by atoms with van der Waals surface area (Å²) in [6.45, 7) is 10.9. The molecule has 9 heteroatoms. The van der Waals surface area contributed by atoms with Gasteiger partial charge >= 0.3 is 11.9 Å². The molecule has 5 N–H and O–H groups in total. The van der Waals surface area contributed by atoms with Gasteiger partial charge in [-0.15, -0.1) is 0 Å². The van der Waals surface area contributed by atoms with E-state index in [4.69, 9.17) is 10.8 Å². The Balaban J connectivity index is 5.46. The molecule has 0 aromatic heterocycles. The first kappa shape index (κ1) is 26.6. The molecule has 0 aliphatic heterocycles. The number of carboxylic acid groups (broad SMARTS) is 2. The van der Waals surface area contributed by atoms with Crippen LogP contribution in [-0.4, -0.2) is 64.0 Å². The number of aliphatic carboxylic acids is 2. The van der Waals surface area contributed by atoms with Crippen LogP contribution in [0.3, 0.4) is 0 Å². The number of carboxylic acids is 2. The van der Waals surface area contributed by atoms with Crippen LogP contribution in [0.1, 0.15) is 54.4 Å². The number of hydrogen-bond donors (Lipinski definition) is 4. The predicted molar refractivity (Wildman–Crippen MR) is 109 cm³/mol. The van der Waals surface area contributed by atoms with Crippen molar-refractivity contribution in [2.24, 2.45) is 17.1 Å². The van der Waals surface area contributed by atoms with Crippen LogP contribution in [0.25, 0.3) is 0 Å². The minimum atomic E-state index is -1.31. The van der Waals surface area contributed by atoms with Gasteiger partial charge in [-0.2, -0.15) is 0 Å². The van der Waals surface area contributed by atoms with Crippen molar-refractivity contribution in [3.8, 4) is 0 Å². The Kier molecular flexibility index (Phi) is 10.0. The van der Waals surface area contributed by atoms with Crippen LogP contribution < -0.4 is 11.1 Å². The Morgan fingerprint density at radius 2 is 1.66 bits per heavy atom. The highest BCUT2D eigenvalue weighted by molar-refractivity contribution is 5.95. The molecule has 0 spiro atoms. The topological polar surface area (TPSA) is 150 Å². The standard InChI is InChI=1S/C20H35N3O6/c1-11(2)14(23(7)18(27)16(21)20(4,5)6)10-12(3)17(26)22-13(19(28)29)8-9-15(24)25/h10-11,13-14,16H,8-9,21H2,1-7H3,(H,22,26)(H,24,25)(H,28,29)/b12-10+. The van der Waals surface area contributed by atoms with E-state index in [1.165, 1.54) is 11.8 Å². The van der Waals surface area contributed by atoms with Crippen molar-refractivity contribution in [2.75, 3.05) is 7.05 Å². The van der Waals surface area contributed by atoms with E-state index in [0.717, 1.165) is 0 Å². The maximum absolute atomic E-state index is 12.7. The summed E-state index contributed by atoms with van der Waals surface area (Å²) in [5.74, 6) is -3.37. The van der Waals surface area contributed by atoms with Gasteiger partial charge in [-0.05, 0) is 24.7 Å². The van der Waals surface area contributed by atoms with Gasteiger partial charge in [-0.25, -0.2) is 4.79 Å². The van der Waals surface area contributed by atoms with Crippen LogP contribution in [0.2, 0.25) is 0 Å². The smallest absolute Gasteiger partial charge is 0.326 e. The summed E-state index contributed by atoms with van der Waals surface area (Å²) in [5, 5.41) is 20.2. The third kappa shape index (κ3) is 8.64. The van der Waals surface area contributed by atoms with Crippen LogP contribution in [-0.2, 0) is 19.2 Å². The van der Waals surface area contributed by atoms with Gasteiger partial charge in [0.15, 0.2) is 0 Å². The van der Waals surface area contributed by atoms with Gasteiger partial charge in [0.25, 0.3) is 0 Å². The van der Waals surface area contributed by atoms with E-state index < -0.39 is 41.4 Å². The van der Waals surface area contributed by atoms with Crippen LogP contribution in [0, 0.1) is 11.3 Å². The van der Waals surface area contributed by atoms with E-state index >= 15 is 0 Å². The van der Waals surface area contributed by atoms with E-state index in [1.54, 1.807) is 13.1 Å². The molecule has 0 heterocycles. The Labute approximate surface area is 172 Å². The number of carbonyl (C=O) groups excluding carboxylic acids is 2. The number of nitrogens with one attached hydrogen (secondary N) is 1. The number of nitrogens with two attached hydrogens (primary N) is 1. The minimum Gasteiger partial charge on any atom is -0.481 e. The molecule has 3 atom stereocenters. The molecule has 0 aromatic rings. The van der Waals surface area contributed by atoms with Crippen molar-refractivity contribution in [1.29, 1.82) is 0 Å². The van der Waals surface area contributed by atoms with Crippen LogP contribution >= 0.6 is 0 Å². The molecule has 9 nitrogen and oxygen atoms in total. The van der Waals surface area contributed by atoms with Gasteiger partial charge in [0.1, 0.15) is 6.04 Å². The summed E-state index contributed by atoms with van der Waals surface area (Å²) in [5.41, 5.74) is 5.88. The van der Waals surface area contributed by atoms with Crippen molar-refractivity contribution in [3.63, 3.8) is 0 Å². The summed E-state index contributed by atoms with van der Waals surface area (Å²) in [6.07, 6.45) is 0.996. The summed E-state index contributed by atoms with van der Waals surface area (Å²) >= 11 is 0. The molecule has 0 bridgehead atoms. The fourth-order valence-electron chi connectivity index (χ4n) is 2.62. The van der Waals surface area contributed by atoms with Gasteiger partial charge in [-0.1, -0.05) is 40.7 Å². The van der Waals surface area contributed by atoms with Crippen LogP contribution in [0.5, 0.6) is 0 Å². The summed E-state index contributed by atoms with van der Waals surface area (Å²) in [7, 11) is 1.62. The lowest BCUT2D eigenvalue weighted by Crippen LogP contribution is -2.52. The lowest BCUT2D eigenvalue weighted by atomic mass is 9.86. The number of nitrogens with zero attached hydrogens (tertiary/aromatic N) is 1. The molecule has 0 aliphatic rings. The Morgan fingerprint density at radius 3 is 2.03 bits per heavy atom. The molecule has 0 fully saturated rings.